The number of aromatic amines is 6. The molecule has 2 saturated heterocycles. The van der Waals surface area contributed by atoms with Crippen molar-refractivity contribution in [3.63, 3.8) is 0 Å². The van der Waals surface area contributed by atoms with Gasteiger partial charge >= 0.3 is 0 Å². The number of aryl methyl sites for hydroxylation is 1. The maximum absolute atomic E-state index is 12.8. The predicted molar refractivity (Wildman–Crippen MR) is 564 cm³/mol. The van der Waals surface area contributed by atoms with E-state index in [2.05, 4.69) is 78.1 Å². The zero-order valence-electron chi connectivity index (χ0n) is 80.0. The summed E-state index contributed by atoms with van der Waals surface area (Å²) in [5.41, 5.74) is 13.9. The summed E-state index contributed by atoms with van der Waals surface area (Å²) >= 11 is 30.0. The van der Waals surface area contributed by atoms with E-state index in [0.29, 0.717) is 103 Å². The molecular formula is C111H105Cl5N20O9. The normalized spacial score (nSPS) is 15.8. The van der Waals surface area contributed by atoms with Crippen molar-refractivity contribution >= 4 is 165 Å². The second-order valence-corrected chi connectivity index (χ2v) is 40.2. The van der Waals surface area contributed by atoms with E-state index in [1.807, 2.05) is 226 Å². The first-order valence-electron chi connectivity index (χ1n) is 48.1. The number of nitrogens with zero attached hydrogens (tertiary/aromatic N) is 8. The van der Waals surface area contributed by atoms with Crippen LogP contribution in [-0.2, 0) is 33.2 Å². The minimum absolute atomic E-state index is 0.0235. The first-order chi connectivity index (χ1) is 70.0. The van der Waals surface area contributed by atoms with E-state index in [0.717, 1.165) is 143 Å². The van der Waals surface area contributed by atoms with Crippen LogP contribution >= 0.6 is 58.0 Å². The van der Waals surface area contributed by atoms with Crippen LogP contribution in [0, 0.1) is 23.2 Å². The topological polar surface area (TPSA) is 385 Å². The van der Waals surface area contributed by atoms with Gasteiger partial charge in [0.2, 0.25) is 5.91 Å². The Balaban J connectivity index is 0.000000110. The molecule has 0 spiro atoms. The minimum Gasteiger partial charge on any atom is -0.497 e. The number of nitriles is 1. The van der Waals surface area contributed by atoms with Crippen LogP contribution in [0.2, 0.25) is 25.1 Å². The van der Waals surface area contributed by atoms with Crippen molar-refractivity contribution in [2.45, 2.75) is 126 Å². The molecule has 0 bridgehead atoms. The molecule has 4 aliphatic carbocycles. The molecule has 738 valence electrons. The largest absolute Gasteiger partial charge is 0.497 e. The predicted octanol–water partition coefficient (Wildman–Crippen LogP) is 21.7. The van der Waals surface area contributed by atoms with E-state index in [4.69, 9.17) is 77.8 Å². The average molecular weight is 2040 g/mol. The summed E-state index contributed by atoms with van der Waals surface area (Å²) in [5.74, 6) is 1.14. The van der Waals surface area contributed by atoms with Crippen molar-refractivity contribution in [2.75, 3.05) is 33.4 Å². The average Bonchev–Trinajstić information content (AvgIpc) is 1.52. The Bertz CT molecular complexity index is 7910. The SMILES string of the molecule is CC(=O)N1CC(C(C)NC(=O)c2cc3cc(Cl)ccc3[nH]2)C1.COc1ccc(-n2cc(C(C)NC(=O)c3cc4cc(Cl)ccc4[nH]3)cn2)cc1.Cn1cc(C2(NC(=O)c3cc4cc(C#N)ccc4[nH]3)CC2)cn1.O=C(NC1(C2CCCCC2)CC1)c1cc2cc(Cl)ccc2[nH]1.O=C(NC1(c2ccccc2)COC1)c1cc2cc(Cl)ccc2[nH]1.O=C(NC1(c2ccn(-c3ccccc3)n2)CC1)c1cc2cc(Cl)ccc2[nH]1. The molecule has 9 aromatic heterocycles. The first kappa shape index (κ1) is 98.6. The standard InChI is InChI=1S/C21H19ClN4O2.C21H17ClN4O.C18H15ClN2O2.C18H21ClN2O.C17H15N5O.C16H18ClN3O2/c1-13(15-11-23-26(12-15)17-4-6-18(28-2)7-5-17)24-21(27)20-10-14-9-16(22)3-8-19(14)25-20;22-15-6-7-17-14(12-15)13-18(23-17)20(27)24-21(9-10-21)19-8-11-26(25-19)16-4-2-1-3-5-16;19-14-6-7-15-12(8-14)9-16(20-15)17(22)21-18(10-23-11-18)13-4-2-1-3-5-13;19-14-6-7-15-12(10-14)11-16(20-15)17(22)21-18(8-9-18)13-4-2-1-3-5-13;1-22-10-13(9-19-22)17(4-5-17)21-16(23)15-7-12-6-11(8-18)2-3-14(12)20-15;1-9(12-7-20(8-12)10(2)21)18-16(22)15-6-11-5-13(17)3-4-14(11)19-15/h3-13,25H,1-2H3,(H,24,27);1-8,11-13,23H,9-10H2,(H,24,27);1-9,20H,10-11H2,(H,21,22);6-7,10-11,13,20H,1-5,8-9H2,(H,21,22);2-3,6-7,9-10,20H,4-5H2,1H3,(H,21,23);3-6,9,12,19H,7-8H2,1-2H3,(H,18,22). The summed E-state index contributed by atoms with van der Waals surface area (Å²) in [6.45, 7) is 7.84. The van der Waals surface area contributed by atoms with Crippen molar-refractivity contribution in [3.05, 3.63) is 355 Å². The van der Waals surface area contributed by atoms with E-state index in [1.54, 1.807) is 95.3 Å². The van der Waals surface area contributed by atoms with Crippen molar-refractivity contribution < 1.29 is 43.0 Å². The van der Waals surface area contributed by atoms with Gasteiger partial charge in [0.15, 0.2) is 0 Å². The Morgan fingerprint density at radius 2 is 0.876 bits per heavy atom. The number of rotatable bonds is 21. The number of amides is 7. The van der Waals surface area contributed by atoms with Crippen LogP contribution in [0.15, 0.2) is 268 Å². The lowest BCUT2D eigenvalue weighted by Gasteiger charge is -2.42. The summed E-state index contributed by atoms with van der Waals surface area (Å²) in [7, 11) is 3.50. The second kappa shape index (κ2) is 42.0. The van der Waals surface area contributed by atoms with Gasteiger partial charge in [-0.15, -0.1) is 0 Å². The lowest BCUT2D eigenvalue weighted by Crippen LogP contribution is -2.59. The number of hydrogen-bond acceptors (Lipinski definition) is 13. The summed E-state index contributed by atoms with van der Waals surface area (Å²) in [4.78, 5) is 107. The molecule has 2 atom stereocenters. The molecule has 2 aliphatic heterocycles. The lowest BCUT2D eigenvalue weighted by molar-refractivity contribution is -0.135. The number of carbonyl (C=O) groups is 7. The highest BCUT2D eigenvalue weighted by atomic mass is 35.5. The van der Waals surface area contributed by atoms with Crippen molar-refractivity contribution in [2.24, 2.45) is 18.9 Å². The second-order valence-electron chi connectivity index (χ2n) is 38.0. The lowest BCUT2D eigenvalue weighted by atomic mass is 9.82. The van der Waals surface area contributed by atoms with Gasteiger partial charge in [0, 0.05) is 165 Å². The number of para-hydroxylation sites is 1. The van der Waals surface area contributed by atoms with Gasteiger partial charge in [0.25, 0.3) is 35.4 Å². The van der Waals surface area contributed by atoms with Crippen LogP contribution in [0.4, 0.5) is 0 Å². The third-order valence-electron chi connectivity index (χ3n) is 27.8. The van der Waals surface area contributed by atoms with E-state index < -0.39 is 5.54 Å². The molecule has 24 rings (SSSR count). The molecule has 6 aliphatic rings. The number of methoxy groups -OCH3 is 1. The number of carbonyl (C=O) groups excluding carboxylic acids is 7. The molecule has 29 nitrogen and oxygen atoms in total. The van der Waals surface area contributed by atoms with Gasteiger partial charge in [-0.05, 0) is 265 Å². The Morgan fingerprint density at radius 3 is 1.30 bits per heavy atom. The molecule has 6 fully saturated rings. The number of ether oxygens (including phenoxy) is 2. The molecule has 4 saturated carbocycles. The monoisotopic (exact) mass is 2040 g/mol. The van der Waals surface area contributed by atoms with Gasteiger partial charge in [0.1, 0.15) is 45.5 Å². The first-order valence-corrected chi connectivity index (χ1v) is 50.0. The molecule has 11 heterocycles. The van der Waals surface area contributed by atoms with Crippen LogP contribution < -0.4 is 36.6 Å². The van der Waals surface area contributed by atoms with Gasteiger partial charge in [-0.25, -0.2) is 9.36 Å². The van der Waals surface area contributed by atoms with E-state index in [9.17, 15) is 33.6 Å². The third kappa shape index (κ3) is 22.6. The minimum atomic E-state index is -0.451. The summed E-state index contributed by atoms with van der Waals surface area (Å²) < 4.78 is 15.9. The molecule has 12 N–H and O–H groups in total. The fourth-order valence-electron chi connectivity index (χ4n) is 18.8. The highest BCUT2D eigenvalue weighted by Crippen LogP contribution is 2.50. The number of H-pyrrole nitrogens is 6. The molecule has 34 heteroatoms. The highest BCUT2D eigenvalue weighted by Gasteiger charge is 2.52. The number of aromatic nitrogens is 12. The molecule has 0 radical (unpaired) electrons. The van der Waals surface area contributed by atoms with E-state index in [1.165, 1.54) is 32.1 Å². The quantitative estimate of drug-likeness (QED) is 0.0319. The Morgan fingerprint density at radius 1 is 0.448 bits per heavy atom. The van der Waals surface area contributed by atoms with Crippen LogP contribution in [0.3, 0.4) is 0 Å². The van der Waals surface area contributed by atoms with Crippen LogP contribution in [0.5, 0.6) is 5.75 Å². The molecule has 18 aromatic rings. The summed E-state index contributed by atoms with van der Waals surface area (Å²) in [6, 6.07) is 75.2. The Kier molecular flexibility index (Phi) is 28.6. The molecule has 145 heavy (non-hydrogen) atoms. The molecule has 9 aromatic carbocycles. The smallest absolute Gasteiger partial charge is 0.268 e. The Labute approximate surface area is 859 Å². The number of fused-ring (bicyclic) bond motifs is 6. The number of hydrogen-bond donors (Lipinski definition) is 12. The van der Waals surface area contributed by atoms with Gasteiger partial charge in [-0.3, -0.25) is 38.2 Å². The maximum atomic E-state index is 12.8. The summed E-state index contributed by atoms with van der Waals surface area (Å²) in [6.07, 6.45) is 21.7. The fraction of sp³-hybridized carbons (Fsp3) is 0.252. The number of benzene rings is 9. The molecule has 7 amide bonds. The number of halogens is 5. The van der Waals surface area contributed by atoms with Gasteiger partial charge in [-0.1, -0.05) is 126 Å². The maximum Gasteiger partial charge on any atom is 0.268 e. The van der Waals surface area contributed by atoms with Gasteiger partial charge < -0.3 is 76.2 Å². The van der Waals surface area contributed by atoms with Crippen LogP contribution in [0.1, 0.15) is 188 Å². The van der Waals surface area contributed by atoms with Crippen molar-refractivity contribution in [1.82, 2.24) is 96.0 Å². The zero-order valence-corrected chi connectivity index (χ0v) is 83.7. The van der Waals surface area contributed by atoms with Crippen molar-refractivity contribution in [3.8, 4) is 23.2 Å². The van der Waals surface area contributed by atoms with E-state index >= 15 is 0 Å². The van der Waals surface area contributed by atoms with Gasteiger partial charge in [0.05, 0.1) is 78.5 Å². The molecular weight excluding hydrogens is 1930 g/mol. The number of nitrogens with one attached hydrogen (secondary N) is 12. The molecule has 2 unspecified atom stereocenters. The van der Waals surface area contributed by atoms with Gasteiger partial charge in [-0.2, -0.15) is 20.6 Å². The van der Waals surface area contributed by atoms with Crippen LogP contribution in [-0.4, -0.2) is 150 Å². The zero-order chi connectivity index (χ0) is 101. The Hall–Kier alpha value is -15.2. The van der Waals surface area contributed by atoms with Crippen LogP contribution in [0.25, 0.3) is 76.8 Å². The van der Waals surface area contributed by atoms with Crippen molar-refractivity contribution in [1.29, 1.82) is 5.26 Å². The van der Waals surface area contributed by atoms with E-state index in [-0.39, 0.29) is 70.1 Å². The summed E-state index contributed by atoms with van der Waals surface area (Å²) in [5, 5.41) is 49.7. The highest BCUT2D eigenvalue weighted by molar-refractivity contribution is 6.33. The fourth-order valence-corrected chi connectivity index (χ4v) is 19.7. The number of likely N-dealkylation sites (tertiary alicyclic amines) is 1. The third-order valence-corrected chi connectivity index (χ3v) is 29.0.